The van der Waals surface area contributed by atoms with Crippen LogP contribution in [-0.4, -0.2) is 101 Å². The lowest BCUT2D eigenvalue weighted by molar-refractivity contribution is -0.141. The Kier molecular flexibility index (Phi) is 18.5. The number of rotatable bonds is 22. The van der Waals surface area contributed by atoms with Crippen molar-refractivity contribution in [1.82, 2.24) is 37.2 Å². The zero-order chi connectivity index (χ0) is 42.7. The van der Waals surface area contributed by atoms with Crippen molar-refractivity contribution in [3.8, 4) is 0 Å². The van der Waals surface area contributed by atoms with Crippen LogP contribution in [0.5, 0.6) is 0 Å². The first kappa shape index (κ1) is 46.0. The number of carbonyl (C=O) groups excluding carboxylic acids is 9. The summed E-state index contributed by atoms with van der Waals surface area (Å²) in [4.78, 5) is 124. The molecular weight excluding hydrogens is 746 g/mol. The van der Waals surface area contributed by atoms with Crippen molar-refractivity contribution < 1.29 is 53.1 Å². The van der Waals surface area contributed by atoms with Gasteiger partial charge in [0.1, 0.15) is 30.2 Å². The number of amides is 9. The fraction of sp³-hybridized carbons (Fsp3) is 0.351. The van der Waals surface area contributed by atoms with Gasteiger partial charge in [-0.25, -0.2) is 4.79 Å². The summed E-state index contributed by atoms with van der Waals surface area (Å²) in [6, 6.07) is 9.77. The van der Waals surface area contributed by atoms with Gasteiger partial charge in [-0.1, -0.05) is 74.5 Å². The van der Waals surface area contributed by atoms with Crippen LogP contribution in [0.25, 0.3) is 0 Å². The van der Waals surface area contributed by atoms with Gasteiger partial charge in [0.15, 0.2) is 0 Å². The molecule has 2 aromatic rings. The maximum absolute atomic E-state index is 13.4. The lowest BCUT2D eigenvalue weighted by atomic mass is 10.0. The number of nitrogens with one attached hydrogen (secondary N) is 7. The monoisotopic (exact) mass is 793 g/mol. The Labute approximate surface area is 327 Å². The molecule has 306 valence electrons. The average molecular weight is 794 g/mol. The van der Waals surface area contributed by atoms with Crippen LogP contribution in [0.4, 0.5) is 0 Å². The Morgan fingerprint density at radius 3 is 1.77 bits per heavy atom. The maximum atomic E-state index is 13.4. The summed E-state index contributed by atoms with van der Waals surface area (Å²) in [7, 11) is 0. The molecule has 12 N–H and O–H groups in total. The highest BCUT2D eigenvalue weighted by molar-refractivity contribution is 6.01. The second-order valence-electron chi connectivity index (χ2n) is 12.9. The van der Waals surface area contributed by atoms with E-state index in [2.05, 4.69) is 37.2 Å². The molecular formula is C37H47N9O11. The Morgan fingerprint density at radius 1 is 0.632 bits per heavy atom. The molecule has 0 fully saturated rings. The number of hydrogen-bond donors (Lipinski definition) is 10. The van der Waals surface area contributed by atoms with Crippen molar-refractivity contribution in [3.05, 3.63) is 83.9 Å². The third kappa shape index (κ3) is 16.8. The van der Waals surface area contributed by atoms with Gasteiger partial charge in [0.05, 0.1) is 19.5 Å². The molecule has 0 aliphatic heterocycles. The minimum Gasteiger partial charge on any atom is -0.480 e. The molecule has 0 bridgehead atoms. The lowest BCUT2D eigenvalue weighted by Crippen LogP contribution is -2.56. The van der Waals surface area contributed by atoms with Crippen molar-refractivity contribution in [2.24, 2.45) is 17.4 Å². The van der Waals surface area contributed by atoms with Crippen LogP contribution < -0.4 is 48.7 Å². The van der Waals surface area contributed by atoms with Gasteiger partial charge in [-0.05, 0) is 24.0 Å². The van der Waals surface area contributed by atoms with E-state index in [9.17, 15) is 53.1 Å². The summed E-state index contributed by atoms with van der Waals surface area (Å²) < 4.78 is 0. The van der Waals surface area contributed by atoms with Crippen LogP contribution >= 0.6 is 0 Å². The van der Waals surface area contributed by atoms with Crippen LogP contribution in [0.15, 0.2) is 72.8 Å². The highest BCUT2D eigenvalue weighted by atomic mass is 16.4. The standard InChI is InChI=1S/C37H47N9O11/c1-20(2)31(33(39)52)45-34(53)21(3)42-36(55)32(23-12-8-5-9-13-23)46-35(54)24(17-26(38)47)43-28(49)15-14-27(48)40-18-29(50)41-19-30(51)44-25(37(56)57)16-22-10-6-4-7-11-22/h4-15,20-21,24-25,31-32H,16-19H2,1-3H3,(H2,38,47)(H2,39,52)(H,40,48)(H,41,50)(H,42,55)(H,43,49)(H,44,51)(H,45,53)(H,46,54)(H,56,57)/b15-14+/t21-,24-,25-,31-,32-/m0/s1. The second kappa shape index (κ2) is 22.9. The van der Waals surface area contributed by atoms with E-state index < -0.39 is 109 Å². The van der Waals surface area contributed by atoms with Gasteiger partial charge in [0, 0.05) is 18.6 Å². The summed E-state index contributed by atoms with van der Waals surface area (Å²) in [6.45, 7) is 3.44. The van der Waals surface area contributed by atoms with Crippen LogP contribution in [0, 0.1) is 5.92 Å². The lowest BCUT2D eigenvalue weighted by Gasteiger charge is -2.25. The Hall–Kier alpha value is -7.12. The van der Waals surface area contributed by atoms with E-state index >= 15 is 0 Å². The van der Waals surface area contributed by atoms with Crippen molar-refractivity contribution in [3.63, 3.8) is 0 Å². The van der Waals surface area contributed by atoms with E-state index in [1.807, 2.05) is 0 Å². The number of benzene rings is 2. The first-order valence-electron chi connectivity index (χ1n) is 17.5. The van der Waals surface area contributed by atoms with Crippen LogP contribution in [0.1, 0.15) is 44.4 Å². The topological polar surface area (TPSA) is 327 Å². The van der Waals surface area contributed by atoms with Crippen molar-refractivity contribution in [2.75, 3.05) is 13.1 Å². The second-order valence-corrected chi connectivity index (χ2v) is 12.9. The van der Waals surface area contributed by atoms with Crippen LogP contribution in [0.2, 0.25) is 0 Å². The quantitative estimate of drug-likeness (QED) is 0.0534. The fourth-order valence-electron chi connectivity index (χ4n) is 4.94. The summed E-state index contributed by atoms with van der Waals surface area (Å²) in [5.41, 5.74) is 11.6. The van der Waals surface area contributed by atoms with E-state index in [1.54, 1.807) is 62.4 Å². The molecule has 2 rings (SSSR count). The molecule has 0 aliphatic rings. The smallest absolute Gasteiger partial charge is 0.326 e. The Bertz CT molecular complexity index is 1820. The molecule has 9 amide bonds. The third-order valence-electron chi connectivity index (χ3n) is 7.91. The number of aliphatic carboxylic acids is 1. The Balaban J connectivity index is 1.98. The van der Waals surface area contributed by atoms with Gasteiger partial charge in [0.2, 0.25) is 53.2 Å². The summed E-state index contributed by atoms with van der Waals surface area (Å²) in [5.74, 6) is -9.64. The molecule has 0 aliphatic carbocycles. The van der Waals surface area contributed by atoms with E-state index in [4.69, 9.17) is 11.5 Å². The molecule has 2 aromatic carbocycles. The number of hydrogen-bond acceptors (Lipinski definition) is 10. The normalized spacial score (nSPS) is 13.4. The van der Waals surface area contributed by atoms with Gasteiger partial charge in [-0.3, -0.25) is 43.2 Å². The van der Waals surface area contributed by atoms with E-state index in [0.717, 1.165) is 0 Å². The maximum Gasteiger partial charge on any atom is 0.326 e. The van der Waals surface area contributed by atoms with Gasteiger partial charge in [-0.15, -0.1) is 0 Å². The SMILES string of the molecule is CC(C)[C@H](NC(=O)[C@H](C)NC(=O)[C@@H](NC(=O)[C@H](CC(N)=O)NC(=O)/C=C/C(=O)NCC(=O)NCC(=O)N[C@@H](Cc1ccccc1)C(=O)O)c1ccccc1)C(N)=O. The van der Waals surface area contributed by atoms with Crippen LogP contribution in [-0.2, 0) is 54.4 Å². The predicted molar refractivity (Wildman–Crippen MR) is 202 cm³/mol. The number of nitrogens with two attached hydrogens (primary N) is 2. The molecule has 0 heterocycles. The molecule has 0 unspecified atom stereocenters. The van der Waals surface area contributed by atoms with E-state index in [-0.39, 0.29) is 17.9 Å². The summed E-state index contributed by atoms with van der Waals surface area (Å²) in [5, 5.41) is 25.7. The van der Waals surface area contributed by atoms with Gasteiger partial charge in [-0.2, -0.15) is 0 Å². The first-order valence-corrected chi connectivity index (χ1v) is 17.5. The van der Waals surface area contributed by atoms with Gasteiger partial charge >= 0.3 is 5.97 Å². The van der Waals surface area contributed by atoms with Gasteiger partial charge in [0.25, 0.3) is 0 Å². The van der Waals surface area contributed by atoms with Gasteiger partial charge < -0.3 is 53.8 Å². The predicted octanol–water partition coefficient (Wildman–Crippen LogP) is -3.06. The number of carboxylic acid groups (broad SMARTS) is 1. The number of carbonyl (C=O) groups is 10. The zero-order valence-electron chi connectivity index (χ0n) is 31.4. The van der Waals surface area contributed by atoms with Crippen molar-refractivity contribution in [2.45, 2.75) is 63.8 Å². The minimum atomic E-state index is -1.64. The Morgan fingerprint density at radius 2 is 1.21 bits per heavy atom. The number of primary amides is 2. The highest BCUT2D eigenvalue weighted by Gasteiger charge is 2.31. The van der Waals surface area contributed by atoms with Crippen molar-refractivity contribution in [1.29, 1.82) is 0 Å². The first-order chi connectivity index (χ1) is 26.9. The van der Waals surface area contributed by atoms with E-state index in [0.29, 0.717) is 17.7 Å². The molecule has 20 nitrogen and oxygen atoms in total. The highest BCUT2D eigenvalue weighted by Crippen LogP contribution is 2.14. The molecule has 0 saturated heterocycles. The number of carboxylic acids is 1. The molecule has 0 aromatic heterocycles. The largest absolute Gasteiger partial charge is 0.480 e. The van der Waals surface area contributed by atoms with E-state index in [1.165, 1.54) is 19.1 Å². The molecule has 20 heteroatoms. The molecule has 0 saturated carbocycles. The fourth-order valence-corrected chi connectivity index (χ4v) is 4.94. The minimum absolute atomic E-state index is 0.00656. The third-order valence-corrected chi connectivity index (χ3v) is 7.91. The summed E-state index contributed by atoms with van der Waals surface area (Å²) >= 11 is 0. The van der Waals surface area contributed by atoms with Crippen molar-refractivity contribution >= 4 is 59.1 Å². The molecule has 0 spiro atoms. The molecule has 5 atom stereocenters. The zero-order valence-corrected chi connectivity index (χ0v) is 31.4. The molecule has 0 radical (unpaired) electrons. The van der Waals surface area contributed by atoms with Crippen LogP contribution in [0.3, 0.4) is 0 Å². The average Bonchev–Trinajstić information content (AvgIpc) is 3.15. The summed E-state index contributed by atoms with van der Waals surface area (Å²) in [6.07, 6.45) is 0.687. The molecule has 57 heavy (non-hydrogen) atoms.